The lowest BCUT2D eigenvalue weighted by atomic mass is 9.78. The minimum Gasteiger partial charge on any atom is -0.0561 e. The first kappa shape index (κ1) is 30.4. The second-order valence-corrected chi connectivity index (χ2v) is 18.8. The number of hydrogen-bond acceptors (Lipinski definition) is 0. The highest BCUT2D eigenvalue weighted by molar-refractivity contribution is 14.1. The Morgan fingerprint density at radius 1 is 0.333 bits per heavy atom. The van der Waals surface area contributed by atoms with Crippen LogP contribution in [0.2, 0.25) is 0 Å². The number of hydrogen-bond donors (Lipinski definition) is 0. The summed E-state index contributed by atoms with van der Waals surface area (Å²) in [7, 11) is 0. The van der Waals surface area contributed by atoms with Gasteiger partial charge < -0.3 is 0 Å². The molecule has 2 heteroatoms. The second-order valence-electron chi connectivity index (χ2n) is 16.7. The monoisotopic (exact) mass is 778 g/mol. The Hall–Kier alpha value is -1.66. The highest BCUT2D eigenvalue weighted by Crippen LogP contribution is 2.49. The maximum atomic E-state index is 2.68. The Morgan fingerprint density at radius 3 is 0.810 bits per heavy atom. The van der Waals surface area contributed by atoms with E-state index in [-0.39, 0.29) is 21.7 Å². The number of fused-ring (bicyclic) bond motifs is 3. The summed E-state index contributed by atoms with van der Waals surface area (Å²) in [6, 6.07) is 19.9. The predicted octanol–water partition coefficient (Wildman–Crippen LogP) is 13.3. The molecule has 0 aliphatic heterocycles. The van der Waals surface area contributed by atoms with Crippen LogP contribution in [-0.2, 0) is 21.7 Å². The molecule has 0 atom stereocenters. The summed E-state index contributed by atoms with van der Waals surface area (Å²) in [6.07, 6.45) is 0. The number of halogens is 2. The summed E-state index contributed by atoms with van der Waals surface area (Å²) >= 11 is 5.36. The average Bonchev–Trinajstić information content (AvgIpc) is 2.85. The van der Waals surface area contributed by atoms with E-state index in [4.69, 9.17) is 0 Å². The van der Waals surface area contributed by atoms with Gasteiger partial charge in [0.25, 0.3) is 0 Å². The van der Waals surface area contributed by atoms with Crippen LogP contribution in [0.25, 0.3) is 53.9 Å². The second kappa shape index (κ2) is 9.42. The normalized spacial score (nSPS) is 14.0. The molecule has 0 aliphatic carbocycles. The largest absolute Gasteiger partial charge is 0.0561 e. The van der Waals surface area contributed by atoms with E-state index in [1.807, 2.05) is 0 Å². The average molecular weight is 779 g/mol. The molecule has 42 heavy (non-hydrogen) atoms. The van der Waals surface area contributed by atoms with Gasteiger partial charge in [-0.25, -0.2) is 0 Å². The van der Waals surface area contributed by atoms with E-state index in [1.165, 1.54) is 83.3 Å². The van der Waals surface area contributed by atoms with Gasteiger partial charge in [0.2, 0.25) is 0 Å². The fourth-order valence-corrected chi connectivity index (χ4v) is 8.47. The van der Waals surface area contributed by atoms with Crippen molar-refractivity contribution < 1.29 is 0 Å². The van der Waals surface area contributed by atoms with Gasteiger partial charge in [0.05, 0.1) is 0 Å². The summed E-state index contributed by atoms with van der Waals surface area (Å²) in [5, 5.41) is 14.0. The third-order valence-corrected chi connectivity index (χ3v) is 11.5. The Morgan fingerprint density at radius 2 is 0.571 bits per heavy atom. The van der Waals surface area contributed by atoms with Gasteiger partial charge in [-0.05, 0) is 156 Å². The van der Waals surface area contributed by atoms with Crippen molar-refractivity contribution in [3.8, 4) is 0 Å². The lowest BCUT2D eigenvalue weighted by molar-refractivity contribution is 0.589. The smallest absolute Gasteiger partial charge is 0.0294 e. The first-order valence-electron chi connectivity index (χ1n) is 15.2. The number of rotatable bonds is 0. The molecule has 0 unspecified atom stereocenters. The minimum absolute atomic E-state index is 0.0501. The van der Waals surface area contributed by atoms with Crippen molar-refractivity contribution in [3.05, 3.63) is 77.9 Å². The Balaban J connectivity index is 1.99. The highest BCUT2D eigenvalue weighted by Gasteiger charge is 2.27. The molecule has 218 valence electrons. The van der Waals surface area contributed by atoms with E-state index >= 15 is 0 Å². The van der Waals surface area contributed by atoms with Crippen molar-refractivity contribution in [2.75, 3.05) is 0 Å². The van der Waals surface area contributed by atoms with Crippen molar-refractivity contribution in [2.24, 2.45) is 0 Å². The van der Waals surface area contributed by atoms with E-state index in [9.17, 15) is 0 Å². The summed E-state index contributed by atoms with van der Waals surface area (Å²) in [5.41, 5.74) is 5.84. The quantitative estimate of drug-likeness (QED) is 0.0819. The van der Waals surface area contributed by atoms with Crippen LogP contribution in [0.4, 0.5) is 0 Å². The molecule has 0 amide bonds. The Bertz CT molecular complexity index is 1900. The topological polar surface area (TPSA) is 0 Å². The lowest BCUT2D eigenvalue weighted by Crippen LogP contribution is -2.14. The van der Waals surface area contributed by atoms with Crippen LogP contribution in [0.15, 0.2) is 48.5 Å². The fraction of sp³-hybridized carbons (Fsp3) is 0.400. The molecule has 0 spiro atoms. The van der Waals surface area contributed by atoms with Crippen molar-refractivity contribution in [2.45, 2.75) is 105 Å². The molecular weight excluding hydrogens is 734 g/mol. The molecule has 0 aromatic heterocycles. The fourth-order valence-electron chi connectivity index (χ4n) is 6.50. The van der Waals surface area contributed by atoms with E-state index < -0.39 is 0 Å². The maximum Gasteiger partial charge on any atom is 0.0294 e. The molecule has 6 aromatic carbocycles. The van der Waals surface area contributed by atoms with Crippen molar-refractivity contribution in [1.29, 1.82) is 0 Å². The van der Waals surface area contributed by atoms with Crippen LogP contribution in [0.1, 0.15) is 105 Å². The van der Waals surface area contributed by atoms with Gasteiger partial charge in [0, 0.05) is 17.9 Å². The first-order chi connectivity index (χ1) is 19.2. The van der Waals surface area contributed by atoms with Gasteiger partial charge in [-0.3, -0.25) is 0 Å². The summed E-state index contributed by atoms with van der Waals surface area (Å²) < 4.78 is 2.75. The van der Waals surface area contributed by atoms with Gasteiger partial charge in [-0.1, -0.05) is 107 Å². The van der Waals surface area contributed by atoms with Crippen LogP contribution in [-0.4, -0.2) is 0 Å². The van der Waals surface area contributed by atoms with Crippen LogP contribution in [0.5, 0.6) is 0 Å². The minimum atomic E-state index is 0.0501. The van der Waals surface area contributed by atoms with Crippen LogP contribution >= 0.6 is 45.2 Å². The van der Waals surface area contributed by atoms with Gasteiger partial charge >= 0.3 is 0 Å². The van der Waals surface area contributed by atoms with E-state index in [0.29, 0.717) is 0 Å². The van der Waals surface area contributed by atoms with Crippen molar-refractivity contribution in [3.63, 3.8) is 0 Å². The van der Waals surface area contributed by atoms with Crippen LogP contribution in [0, 0.1) is 7.14 Å². The van der Waals surface area contributed by atoms with Gasteiger partial charge in [0.1, 0.15) is 0 Å². The Kier molecular flexibility index (Phi) is 6.81. The lowest BCUT2D eigenvalue weighted by Gasteiger charge is -2.27. The standard InChI is InChI=1S/C40H44I2/c1-37(2,3)23-13-21-15-25(39(7,8)9)19-29-31(21)27(17-23)33-34(36(29)42)28-18-24(38(4,5)6)14-22-16-26(40(10,11)12)20-30(32(22)28)35(33)41/h13-20H,1-12H3. The molecule has 0 nitrogen and oxygen atoms in total. The molecule has 0 saturated heterocycles. The molecule has 0 heterocycles. The van der Waals surface area contributed by atoms with Crippen LogP contribution in [0.3, 0.4) is 0 Å². The van der Waals surface area contributed by atoms with Gasteiger partial charge in [-0.2, -0.15) is 0 Å². The third kappa shape index (κ3) is 4.73. The molecule has 0 N–H and O–H groups in total. The molecule has 0 fully saturated rings. The zero-order chi connectivity index (χ0) is 30.9. The molecule has 6 aromatic rings. The zero-order valence-corrected chi connectivity index (χ0v) is 31.7. The molecule has 0 radical (unpaired) electrons. The summed E-state index contributed by atoms with van der Waals surface area (Å²) in [6.45, 7) is 28.1. The predicted molar refractivity (Wildman–Crippen MR) is 205 cm³/mol. The third-order valence-electron chi connectivity index (χ3n) is 9.26. The van der Waals surface area contributed by atoms with Crippen molar-refractivity contribution >= 4 is 99.0 Å². The highest BCUT2D eigenvalue weighted by atomic mass is 127. The SMILES string of the molecule is CC(C)(C)c1cc2cc(C(C)(C)C)cc3c4c(I)c5cc(C(C)(C)C)cc6cc(C(C)(C)C)cc(c4c(I)c(c1)c23)c65. The molecular formula is C40H44I2. The number of benzene rings is 6. The molecule has 0 aliphatic rings. The first-order valence-corrected chi connectivity index (χ1v) is 17.4. The molecule has 6 rings (SSSR count). The zero-order valence-electron chi connectivity index (χ0n) is 27.4. The van der Waals surface area contributed by atoms with E-state index in [0.717, 1.165) is 0 Å². The summed E-state index contributed by atoms with van der Waals surface area (Å²) in [4.78, 5) is 0. The van der Waals surface area contributed by atoms with Crippen molar-refractivity contribution in [1.82, 2.24) is 0 Å². The molecule has 0 saturated carbocycles. The van der Waals surface area contributed by atoms with E-state index in [2.05, 4.69) is 177 Å². The maximum absolute atomic E-state index is 2.68. The Labute approximate surface area is 279 Å². The van der Waals surface area contributed by atoms with Crippen LogP contribution < -0.4 is 0 Å². The molecule has 0 bridgehead atoms. The van der Waals surface area contributed by atoms with Gasteiger partial charge in [-0.15, -0.1) is 0 Å². The van der Waals surface area contributed by atoms with E-state index in [1.54, 1.807) is 0 Å². The summed E-state index contributed by atoms with van der Waals surface area (Å²) in [5.74, 6) is 0. The van der Waals surface area contributed by atoms with Gasteiger partial charge in [0.15, 0.2) is 0 Å².